The van der Waals surface area contributed by atoms with Gasteiger partial charge in [-0.1, -0.05) is 12.5 Å². The van der Waals surface area contributed by atoms with Gasteiger partial charge in [-0.15, -0.1) is 12.4 Å². The van der Waals surface area contributed by atoms with Crippen LogP contribution in [0.5, 0.6) is 0 Å². The molecule has 0 bridgehead atoms. The van der Waals surface area contributed by atoms with Crippen molar-refractivity contribution in [1.29, 1.82) is 0 Å². The molecule has 104 valence electrons. The maximum atomic E-state index is 12.5. The molecular formula is C15H21ClN2O. The Balaban J connectivity index is 0.00000133. The van der Waals surface area contributed by atoms with Gasteiger partial charge in [-0.05, 0) is 49.3 Å². The van der Waals surface area contributed by atoms with Gasteiger partial charge in [0, 0.05) is 24.3 Å². The lowest BCUT2D eigenvalue weighted by Crippen LogP contribution is -2.30. The molecule has 1 amide bonds. The second-order valence-corrected chi connectivity index (χ2v) is 5.74. The van der Waals surface area contributed by atoms with Crippen LogP contribution in [0.2, 0.25) is 0 Å². The zero-order chi connectivity index (χ0) is 12.7. The van der Waals surface area contributed by atoms with Gasteiger partial charge in [0.05, 0.1) is 0 Å². The fourth-order valence-electron chi connectivity index (χ4n) is 3.44. The molecule has 19 heavy (non-hydrogen) atoms. The smallest absolute Gasteiger partial charge is 0.254 e. The van der Waals surface area contributed by atoms with Gasteiger partial charge in [0.2, 0.25) is 0 Å². The van der Waals surface area contributed by atoms with E-state index in [-0.39, 0.29) is 18.3 Å². The first-order valence-corrected chi connectivity index (χ1v) is 6.80. The van der Waals surface area contributed by atoms with Crippen LogP contribution in [-0.4, -0.2) is 23.9 Å². The Kier molecular flexibility index (Phi) is 4.04. The molecule has 0 radical (unpaired) electrons. The van der Waals surface area contributed by atoms with E-state index in [1.165, 1.54) is 19.3 Å². The van der Waals surface area contributed by atoms with E-state index in [0.29, 0.717) is 5.69 Å². The molecule has 2 atom stereocenters. The number of aryl methyl sites for hydroxylation is 1. The van der Waals surface area contributed by atoms with Crippen molar-refractivity contribution < 1.29 is 4.79 Å². The monoisotopic (exact) mass is 280 g/mol. The number of hydrogen-bond donors (Lipinski definition) is 1. The highest BCUT2D eigenvalue weighted by atomic mass is 35.5. The largest absolute Gasteiger partial charge is 0.399 e. The quantitative estimate of drug-likeness (QED) is 0.804. The lowest BCUT2D eigenvalue weighted by molar-refractivity contribution is 0.0780. The van der Waals surface area contributed by atoms with Crippen LogP contribution in [-0.2, 0) is 0 Å². The summed E-state index contributed by atoms with van der Waals surface area (Å²) in [5.74, 6) is 1.65. The molecule has 1 saturated heterocycles. The molecule has 2 unspecified atom stereocenters. The number of amides is 1. The van der Waals surface area contributed by atoms with E-state index >= 15 is 0 Å². The average molecular weight is 281 g/mol. The molecule has 1 aromatic carbocycles. The number of nitrogens with two attached hydrogens (primary N) is 1. The maximum Gasteiger partial charge on any atom is 0.254 e. The number of nitrogen functional groups attached to an aromatic ring is 1. The lowest BCUT2D eigenvalue weighted by Gasteiger charge is -2.18. The zero-order valence-electron chi connectivity index (χ0n) is 11.3. The minimum absolute atomic E-state index is 0. The number of fused-ring (bicyclic) bond motifs is 1. The van der Waals surface area contributed by atoms with Gasteiger partial charge in [0.15, 0.2) is 0 Å². The van der Waals surface area contributed by atoms with Crippen LogP contribution in [0.1, 0.15) is 35.2 Å². The molecule has 1 aliphatic heterocycles. The number of nitrogens with zero attached hydrogens (tertiary/aromatic N) is 1. The number of rotatable bonds is 1. The average Bonchev–Trinajstić information content (AvgIpc) is 2.91. The Morgan fingerprint density at radius 1 is 1.26 bits per heavy atom. The number of hydrogen-bond acceptors (Lipinski definition) is 2. The zero-order valence-corrected chi connectivity index (χ0v) is 12.1. The third-order valence-electron chi connectivity index (χ3n) is 4.51. The summed E-state index contributed by atoms with van der Waals surface area (Å²) in [5, 5.41) is 0. The van der Waals surface area contributed by atoms with E-state index in [9.17, 15) is 4.79 Å². The molecule has 2 fully saturated rings. The summed E-state index contributed by atoms with van der Waals surface area (Å²) in [6.07, 6.45) is 3.93. The fraction of sp³-hybridized carbons (Fsp3) is 0.533. The van der Waals surface area contributed by atoms with Crippen LogP contribution in [0.15, 0.2) is 18.2 Å². The molecule has 1 aromatic rings. The Morgan fingerprint density at radius 2 is 1.89 bits per heavy atom. The highest BCUT2D eigenvalue weighted by Gasteiger charge is 2.38. The number of anilines is 1. The molecule has 1 heterocycles. The fourth-order valence-corrected chi connectivity index (χ4v) is 3.44. The predicted octanol–water partition coefficient (Wildman–Crippen LogP) is 2.87. The van der Waals surface area contributed by atoms with Crippen molar-refractivity contribution in [3.05, 3.63) is 29.3 Å². The number of benzene rings is 1. The molecular weight excluding hydrogens is 260 g/mol. The molecule has 2 N–H and O–H groups in total. The van der Waals surface area contributed by atoms with Crippen molar-refractivity contribution >= 4 is 24.0 Å². The molecule has 2 aliphatic rings. The van der Waals surface area contributed by atoms with Gasteiger partial charge in [-0.3, -0.25) is 4.79 Å². The molecule has 3 rings (SSSR count). The second-order valence-electron chi connectivity index (χ2n) is 5.74. The summed E-state index contributed by atoms with van der Waals surface area (Å²) in [6, 6.07) is 5.59. The van der Waals surface area contributed by atoms with Crippen molar-refractivity contribution in [2.75, 3.05) is 18.8 Å². The van der Waals surface area contributed by atoms with Gasteiger partial charge >= 0.3 is 0 Å². The predicted molar refractivity (Wildman–Crippen MR) is 79.6 cm³/mol. The van der Waals surface area contributed by atoms with Crippen molar-refractivity contribution in [3.8, 4) is 0 Å². The molecule has 4 heteroatoms. The topological polar surface area (TPSA) is 46.3 Å². The van der Waals surface area contributed by atoms with E-state index in [2.05, 4.69) is 0 Å². The highest BCUT2D eigenvalue weighted by Crippen LogP contribution is 2.38. The summed E-state index contributed by atoms with van der Waals surface area (Å²) in [4.78, 5) is 14.5. The second kappa shape index (κ2) is 5.41. The lowest BCUT2D eigenvalue weighted by atomic mass is 10.0. The van der Waals surface area contributed by atoms with E-state index in [1.54, 1.807) is 0 Å². The Hall–Kier alpha value is -1.22. The number of halogens is 1. The first kappa shape index (κ1) is 14.2. The SMILES string of the molecule is Cc1ccc(N)cc1C(=O)N1CC2CCCC2C1.Cl. The molecule has 3 nitrogen and oxygen atoms in total. The van der Waals surface area contributed by atoms with Crippen molar-refractivity contribution in [3.63, 3.8) is 0 Å². The van der Waals surface area contributed by atoms with E-state index in [1.807, 2.05) is 30.0 Å². The number of likely N-dealkylation sites (tertiary alicyclic amines) is 1. The van der Waals surface area contributed by atoms with Crippen molar-refractivity contribution in [2.24, 2.45) is 11.8 Å². The maximum absolute atomic E-state index is 12.5. The van der Waals surface area contributed by atoms with Crippen LogP contribution >= 0.6 is 12.4 Å². The van der Waals surface area contributed by atoms with Gasteiger partial charge in [0.1, 0.15) is 0 Å². The third kappa shape index (κ3) is 2.57. The summed E-state index contributed by atoms with van der Waals surface area (Å²) in [5.41, 5.74) is 8.25. The van der Waals surface area contributed by atoms with Gasteiger partial charge in [0.25, 0.3) is 5.91 Å². The van der Waals surface area contributed by atoms with Gasteiger partial charge in [-0.2, -0.15) is 0 Å². The van der Waals surface area contributed by atoms with Crippen LogP contribution in [0.4, 0.5) is 5.69 Å². The standard InChI is InChI=1S/C15H20N2O.ClH/c1-10-5-6-13(16)7-14(10)15(18)17-8-11-3-2-4-12(11)9-17;/h5-7,11-12H,2-4,8-9,16H2,1H3;1H. The van der Waals surface area contributed by atoms with Gasteiger partial charge < -0.3 is 10.6 Å². The Labute approximate surface area is 120 Å². The summed E-state index contributed by atoms with van der Waals surface area (Å²) in [6.45, 7) is 3.86. The normalized spacial score (nSPS) is 25.0. The molecule has 1 aliphatic carbocycles. The van der Waals surface area contributed by atoms with Crippen molar-refractivity contribution in [1.82, 2.24) is 4.90 Å². The number of carbonyl (C=O) groups is 1. The van der Waals surface area contributed by atoms with E-state index in [4.69, 9.17) is 5.73 Å². The minimum atomic E-state index is 0. The molecule has 0 spiro atoms. The minimum Gasteiger partial charge on any atom is -0.399 e. The van der Waals surface area contributed by atoms with E-state index < -0.39 is 0 Å². The first-order chi connectivity index (χ1) is 8.65. The third-order valence-corrected chi connectivity index (χ3v) is 4.51. The summed E-state index contributed by atoms with van der Waals surface area (Å²) >= 11 is 0. The van der Waals surface area contributed by atoms with Crippen LogP contribution in [0.3, 0.4) is 0 Å². The van der Waals surface area contributed by atoms with Gasteiger partial charge in [-0.25, -0.2) is 0 Å². The van der Waals surface area contributed by atoms with E-state index in [0.717, 1.165) is 36.1 Å². The summed E-state index contributed by atoms with van der Waals surface area (Å²) < 4.78 is 0. The highest BCUT2D eigenvalue weighted by molar-refractivity contribution is 5.96. The Morgan fingerprint density at radius 3 is 2.53 bits per heavy atom. The first-order valence-electron chi connectivity index (χ1n) is 6.80. The van der Waals surface area contributed by atoms with Crippen LogP contribution in [0.25, 0.3) is 0 Å². The molecule has 1 saturated carbocycles. The van der Waals surface area contributed by atoms with Crippen LogP contribution in [0, 0.1) is 18.8 Å². The van der Waals surface area contributed by atoms with Crippen molar-refractivity contribution in [2.45, 2.75) is 26.2 Å². The van der Waals surface area contributed by atoms with Crippen LogP contribution < -0.4 is 5.73 Å². The summed E-state index contributed by atoms with van der Waals surface area (Å²) in [7, 11) is 0. The Bertz CT molecular complexity index is 477. The number of carbonyl (C=O) groups excluding carboxylic acids is 1. The molecule has 0 aromatic heterocycles.